The molecule has 0 bridgehead atoms. The molecule has 0 rings (SSSR count). The summed E-state index contributed by atoms with van der Waals surface area (Å²) in [4.78, 5) is 13.4. The molecule has 0 saturated carbocycles. The Morgan fingerprint density at radius 2 is 1.23 bits per heavy atom. The summed E-state index contributed by atoms with van der Waals surface area (Å²) in [5, 5.41) is 0. The summed E-state index contributed by atoms with van der Waals surface area (Å²) < 4.78 is 23.5. The second-order valence-electron chi connectivity index (χ2n) is 8.33. The van der Waals surface area contributed by atoms with Gasteiger partial charge in [-0.3, -0.25) is 4.79 Å². The van der Waals surface area contributed by atoms with Gasteiger partial charge in [-0.15, -0.1) is 0 Å². The second-order valence-corrected chi connectivity index (χ2v) is 8.33. The van der Waals surface area contributed by atoms with Gasteiger partial charge in [0.2, 0.25) is 0 Å². The number of methoxy groups -OCH3 is 4. The Morgan fingerprint density at radius 3 is 1.63 bits per heavy atom. The fourth-order valence-electron chi connectivity index (χ4n) is 4.49. The summed E-state index contributed by atoms with van der Waals surface area (Å²) in [6, 6.07) is 0. The average molecular weight is 429 g/mol. The van der Waals surface area contributed by atoms with Gasteiger partial charge in [0, 0.05) is 28.4 Å². The Bertz CT molecular complexity index is 464. The topological polar surface area (TPSA) is 54.0 Å². The number of hydrogen-bond donors (Lipinski definition) is 0. The van der Waals surface area contributed by atoms with Gasteiger partial charge in [-0.1, -0.05) is 84.6 Å². The Hall–Kier alpha value is -0.750. The molecule has 0 spiro atoms. The maximum atomic E-state index is 13.4. The summed E-state index contributed by atoms with van der Waals surface area (Å²) in [7, 11) is 6.26. The SMILES string of the molecule is C=C(C)C(=O)C(CCCCCCC)C(CCCCCCC)(OC)C(OC)(OC)OC. The van der Waals surface area contributed by atoms with E-state index in [-0.39, 0.29) is 5.78 Å². The van der Waals surface area contributed by atoms with Crippen molar-refractivity contribution in [1.29, 1.82) is 0 Å². The molecule has 2 unspecified atom stereocenters. The van der Waals surface area contributed by atoms with Crippen LogP contribution in [-0.2, 0) is 23.7 Å². The molecule has 0 aromatic heterocycles. The minimum atomic E-state index is -1.47. The van der Waals surface area contributed by atoms with Gasteiger partial charge >= 0.3 is 5.97 Å². The smallest absolute Gasteiger partial charge is 0.313 e. The molecule has 0 aliphatic heterocycles. The van der Waals surface area contributed by atoms with Crippen LogP contribution in [0.5, 0.6) is 0 Å². The van der Waals surface area contributed by atoms with Crippen molar-refractivity contribution in [3.63, 3.8) is 0 Å². The van der Waals surface area contributed by atoms with Gasteiger partial charge in [0.15, 0.2) is 11.4 Å². The van der Waals surface area contributed by atoms with E-state index in [0.717, 1.165) is 32.1 Å². The van der Waals surface area contributed by atoms with Gasteiger partial charge in [0.05, 0.1) is 5.92 Å². The van der Waals surface area contributed by atoms with Crippen LogP contribution in [0.2, 0.25) is 0 Å². The van der Waals surface area contributed by atoms with Crippen molar-refractivity contribution >= 4 is 5.78 Å². The fraction of sp³-hybridized carbons (Fsp3) is 0.880. The van der Waals surface area contributed by atoms with Gasteiger partial charge in [-0.2, -0.15) is 0 Å². The van der Waals surface area contributed by atoms with Crippen LogP contribution in [0, 0.1) is 5.92 Å². The number of carbonyl (C=O) groups is 1. The van der Waals surface area contributed by atoms with Crippen LogP contribution in [0.25, 0.3) is 0 Å². The highest BCUT2D eigenvalue weighted by Crippen LogP contribution is 2.45. The van der Waals surface area contributed by atoms with Gasteiger partial charge in [0.25, 0.3) is 0 Å². The first-order valence-electron chi connectivity index (χ1n) is 11.8. The lowest BCUT2D eigenvalue weighted by atomic mass is 9.73. The van der Waals surface area contributed by atoms with Crippen molar-refractivity contribution in [1.82, 2.24) is 0 Å². The standard InChI is InChI=1S/C25H48O5/c1-9-11-13-15-17-19-22(23(26)21(3)4)24(27-5,20-18-16-14-12-10-2)25(28-6,29-7)30-8/h22H,3,9-20H2,1-2,4-8H3. The zero-order valence-electron chi connectivity index (χ0n) is 20.8. The van der Waals surface area contributed by atoms with E-state index in [2.05, 4.69) is 20.4 Å². The molecule has 0 aromatic rings. The molecular formula is C25H48O5. The summed E-state index contributed by atoms with van der Waals surface area (Å²) >= 11 is 0. The quantitative estimate of drug-likeness (QED) is 0.127. The molecule has 0 saturated heterocycles. The van der Waals surface area contributed by atoms with Crippen molar-refractivity contribution in [3.05, 3.63) is 12.2 Å². The fourth-order valence-corrected chi connectivity index (χ4v) is 4.49. The van der Waals surface area contributed by atoms with Crippen molar-refractivity contribution in [3.8, 4) is 0 Å². The molecule has 178 valence electrons. The maximum Gasteiger partial charge on any atom is 0.313 e. The number of ketones is 1. The number of carbonyl (C=O) groups excluding carboxylic acids is 1. The lowest BCUT2D eigenvalue weighted by Crippen LogP contribution is -2.64. The lowest BCUT2D eigenvalue weighted by Gasteiger charge is -2.49. The highest BCUT2D eigenvalue weighted by molar-refractivity contribution is 5.96. The van der Waals surface area contributed by atoms with Crippen LogP contribution in [0.15, 0.2) is 12.2 Å². The van der Waals surface area contributed by atoms with Crippen LogP contribution in [0.1, 0.15) is 97.8 Å². The Balaban J connectivity index is 5.95. The van der Waals surface area contributed by atoms with E-state index in [1.54, 1.807) is 35.4 Å². The number of unbranched alkanes of at least 4 members (excludes halogenated alkanes) is 8. The van der Waals surface area contributed by atoms with Crippen molar-refractivity contribution < 1.29 is 23.7 Å². The van der Waals surface area contributed by atoms with Crippen molar-refractivity contribution in [2.45, 2.75) is 109 Å². The van der Waals surface area contributed by atoms with E-state index < -0.39 is 17.5 Å². The molecule has 0 fully saturated rings. The van der Waals surface area contributed by atoms with Crippen LogP contribution in [0.3, 0.4) is 0 Å². The third-order valence-electron chi connectivity index (χ3n) is 6.24. The molecule has 0 aromatic carbocycles. The van der Waals surface area contributed by atoms with Crippen LogP contribution < -0.4 is 0 Å². The Labute approximate surface area is 185 Å². The van der Waals surface area contributed by atoms with Gasteiger partial charge in [-0.05, 0) is 25.3 Å². The zero-order chi connectivity index (χ0) is 23.0. The molecule has 0 aliphatic rings. The largest absolute Gasteiger partial charge is 0.369 e. The van der Waals surface area contributed by atoms with Crippen molar-refractivity contribution in [2.75, 3.05) is 28.4 Å². The molecule has 2 atom stereocenters. The molecule has 0 heterocycles. The van der Waals surface area contributed by atoms with E-state index in [4.69, 9.17) is 18.9 Å². The maximum absolute atomic E-state index is 13.4. The summed E-state index contributed by atoms with van der Waals surface area (Å²) in [6.07, 6.45) is 12.4. The van der Waals surface area contributed by atoms with E-state index in [0.29, 0.717) is 18.4 Å². The average Bonchev–Trinajstić information content (AvgIpc) is 2.76. The van der Waals surface area contributed by atoms with Crippen LogP contribution >= 0.6 is 0 Å². The molecule has 0 aliphatic carbocycles. The second kappa shape index (κ2) is 16.0. The first-order valence-corrected chi connectivity index (χ1v) is 11.8. The molecular weight excluding hydrogens is 380 g/mol. The third kappa shape index (κ3) is 7.74. The van der Waals surface area contributed by atoms with Gasteiger partial charge in [-0.25, -0.2) is 0 Å². The molecule has 5 nitrogen and oxygen atoms in total. The number of ether oxygens (including phenoxy) is 4. The molecule has 0 radical (unpaired) electrons. The lowest BCUT2D eigenvalue weighted by molar-refractivity contribution is -0.431. The third-order valence-corrected chi connectivity index (χ3v) is 6.24. The number of rotatable bonds is 20. The van der Waals surface area contributed by atoms with E-state index >= 15 is 0 Å². The highest BCUT2D eigenvalue weighted by Gasteiger charge is 2.60. The molecule has 0 N–H and O–H groups in total. The first kappa shape index (κ1) is 29.2. The van der Waals surface area contributed by atoms with Gasteiger partial charge in [0.1, 0.15) is 0 Å². The normalized spacial score (nSPS) is 15.0. The molecule has 5 heteroatoms. The first-order chi connectivity index (χ1) is 14.4. The van der Waals surface area contributed by atoms with E-state index in [1.165, 1.54) is 32.1 Å². The highest BCUT2D eigenvalue weighted by atomic mass is 16.9. The number of Topliss-reactive ketones (excluding diaryl/α,β-unsaturated/α-hetero) is 1. The monoisotopic (exact) mass is 428 g/mol. The predicted molar refractivity (Wildman–Crippen MR) is 124 cm³/mol. The number of allylic oxidation sites excluding steroid dienone is 1. The predicted octanol–water partition coefficient (Wildman–Crippen LogP) is 6.45. The van der Waals surface area contributed by atoms with Crippen LogP contribution in [0.4, 0.5) is 0 Å². The Kier molecular flexibility index (Phi) is 15.6. The van der Waals surface area contributed by atoms with Gasteiger partial charge < -0.3 is 18.9 Å². The van der Waals surface area contributed by atoms with Crippen molar-refractivity contribution in [2.24, 2.45) is 5.92 Å². The van der Waals surface area contributed by atoms with Crippen LogP contribution in [-0.4, -0.2) is 45.8 Å². The Morgan fingerprint density at radius 1 is 0.767 bits per heavy atom. The summed E-state index contributed by atoms with van der Waals surface area (Å²) in [5.41, 5.74) is -0.531. The van der Waals surface area contributed by atoms with E-state index in [1.807, 2.05) is 0 Å². The number of hydrogen-bond acceptors (Lipinski definition) is 5. The summed E-state index contributed by atoms with van der Waals surface area (Å²) in [6.45, 7) is 10.1. The zero-order valence-corrected chi connectivity index (χ0v) is 20.8. The minimum absolute atomic E-state index is 0.00331. The van der Waals surface area contributed by atoms with E-state index in [9.17, 15) is 4.79 Å². The summed E-state index contributed by atoms with van der Waals surface area (Å²) in [5.74, 6) is -1.92. The molecule has 0 amide bonds. The minimum Gasteiger partial charge on any atom is -0.369 e. The molecule has 30 heavy (non-hydrogen) atoms.